The molecule has 0 aliphatic carbocycles. The number of benzene rings is 2. The summed E-state index contributed by atoms with van der Waals surface area (Å²) in [6, 6.07) is 11.2. The SMILES string of the molecule is CNCc1cccc(NC(=O)c2ccc(F)cc2Cl)c1. The number of carbonyl (C=O) groups excluding carboxylic acids is 1. The number of hydrogen-bond donors (Lipinski definition) is 2. The van der Waals surface area contributed by atoms with Crippen LogP contribution in [-0.2, 0) is 6.54 Å². The highest BCUT2D eigenvalue weighted by molar-refractivity contribution is 6.34. The van der Waals surface area contributed by atoms with Crippen molar-refractivity contribution in [2.75, 3.05) is 12.4 Å². The maximum Gasteiger partial charge on any atom is 0.257 e. The number of nitrogens with one attached hydrogen (secondary N) is 2. The van der Waals surface area contributed by atoms with Crippen LogP contribution in [0.5, 0.6) is 0 Å². The van der Waals surface area contributed by atoms with Crippen molar-refractivity contribution < 1.29 is 9.18 Å². The highest BCUT2D eigenvalue weighted by Crippen LogP contribution is 2.19. The normalized spacial score (nSPS) is 10.3. The molecule has 20 heavy (non-hydrogen) atoms. The summed E-state index contributed by atoms with van der Waals surface area (Å²) in [6.07, 6.45) is 0. The highest BCUT2D eigenvalue weighted by Gasteiger charge is 2.11. The van der Waals surface area contributed by atoms with Gasteiger partial charge in [0.25, 0.3) is 5.91 Å². The van der Waals surface area contributed by atoms with Gasteiger partial charge in [-0.2, -0.15) is 0 Å². The predicted octanol–water partition coefficient (Wildman–Crippen LogP) is 3.45. The maximum absolute atomic E-state index is 13.0. The molecule has 1 amide bonds. The summed E-state index contributed by atoms with van der Waals surface area (Å²) in [6.45, 7) is 0.709. The number of carbonyl (C=O) groups is 1. The third kappa shape index (κ3) is 3.56. The minimum atomic E-state index is -0.470. The van der Waals surface area contributed by atoms with Crippen molar-refractivity contribution in [2.24, 2.45) is 0 Å². The van der Waals surface area contributed by atoms with Crippen LogP contribution in [0.4, 0.5) is 10.1 Å². The van der Waals surface area contributed by atoms with Gasteiger partial charge < -0.3 is 10.6 Å². The van der Waals surface area contributed by atoms with E-state index < -0.39 is 5.82 Å². The molecule has 0 unspecified atom stereocenters. The molecule has 0 aliphatic heterocycles. The first kappa shape index (κ1) is 14.5. The van der Waals surface area contributed by atoms with E-state index in [2.05, 4.69) is 10.6 Å². The number of halogens is 2. The second-order valence-corrected chi connectivity index (χ2v) is 4.72. The zero-order valence-corrected chi connectivity index (χ0v) is 11.7. The van der Waals surface area contributed by atoms with Crippen molar-refractivity contribution >= 4 is 23.2 Å². The third-order valence-corrected chi connectivity index (χ3v) is 3.05. The summed E-state index contributed by atoms with van der Waals surface area (Å²) >= 11 is 5.86. The van der Waals surface area contributed by atoms with Crippen LogP contribution < -0.4 is 10.6 Å². The topological polar surface area (TPSA) is 41.1 Å². The molecular weight excluding hydrogens is 279 g/mol. The largest absolute Gasteiger partial charge is 0.322 e. The van der Waals surface area contributed by atoms with Gasteiger partial charge in [0.1, 0.15) is 5.82 Å². The Balaban J connectivity index is 2.17. The maximum atomic E-state index is 13.0. The first-order valence-corrected chi connectivity index (χ1v) is 6.48. The lowest BCUT2D eigenvalue weighted by molar-refractivity contribution is 0.102. The molecule has 3 nitrogen and oxygen atoms in total. The van der Waals surface area contributed by atoms with Gasteiger partial charge in [-0.05, 0) is 42.9 Å². The van der Waals surface area contributed by atoms with Gasteiger partial charge >= 0.3 is 0 Å². The van der Waals surface area contributed by atoms with Gasteiger partial charge in [-0.15, -0.1) is 0 Å². The Morgan fingerprint density at radius 3 is 2.75 bits per heavy atom. The van der Waals surface area contributed by atoms with E-state index >= 15 is 0 Å². The van der Waals surface area contributed by atoms with E-state index in [1.165, 1.54) is 12.1 Å². The van der Waals surface area contributed by atoms with Crippen LogP contribution >= 0.6 is 11.6 Å². The summed E-state index contributed by atoms with van der Waals surface area (Å²) in [5.74, 6) is -0.834. The second-order valence-electron chi connectivity index (χ2n) is 4.31. The monoisotopic (exact) mass is 292 g/mol. The molecule has 0 spiro atoms. The van der Waals surface area contributed by atoms with Crippen molar-refractivity contribution in [1.29, 1.82) is 0 Å². The Kier molecular flexibility index (Phi) is 4.71. The average molecular weight is 293 g/mol. The van der Waals surface area contributed by atoms with E-state index in [0.29, 0.717) is 12.2 Å². The molecule has 0 fully saturated rings. The first-order valence-electron chi connectivity index (χ1n) is 6.10. The van der Waals surface area contributed by atoms with Crippen LogP contribution in [0.1, 0.15) is 15.9 Å². The molecule has 2 N–H and O–H groups in total. The van der Waals surface area contributed by atoms with Gasteiger partial charge in [0.05, 0.1) is 10.6 Å². The Bertz CT molecular complexity index is 631. The Morgan fingerprint density at radius 1 is 1.25 bits per heavy atom. The molecule has 0 heterocycles. The van der Waals surface area contributed by atoms with Crippen LogP contribution in [0.3, 0.4) is 0 Å². The molecule has 0 radical (unpaired) electrons. The van der Waals surface area contributed by atoms with Crippen LogP contribution in [0.15, 0.2) is 42.5 Å². The molecular formula is C15H14ClFN2O. The lowest BCUT2D eigenvalue weighted by Gasteiger charge is -2.08. The summed E-state index contributed by atoms with van der Waals surface area (Å²) in [5.41, 5.74) is 1.96. The lowest BCUT2D eigenvalue weighted by Crippen LogP contribution is -2.13. The number of anilines is 1. The van der Waals surface area contributed by atoms with Crippen molar-refractivity contribution in [1.82, 2.24) is 5.32 Å². The van der Waals surface area contributed by atoms with Crippen molar-refractivity contribution in [3.63, 3.8) is 0 Å². The molecule has 2 rings (SSSR count). The zero-order valence-electron chi connectivity index (χ0n) is 10.9. The average Bonchev–Trinajstić information content (AvgIpc) is 2.39. The van der Waals surface area contributed by atoms with Crippen LogP contribution in [0.2, 0.25) is 5.02 Å². The van der Waals surface area contributed by atoms with E-state index in [9.17, 15) is 9.18 Å². The smallest absolute Gasteiger partial charge is 0.257 e. The Morgan fingerprint density at radius 2 is 2.05 bits per heavy atom. The van der Waals surface area contributed by atoms with Crippen LogP contribution in [0, 0.1) is 5.82 Å². The molecule has 0 saturated heterocycles. The number of rotatable bonds is 4. The minimum absolute atomic E-state index is 0.0916. The number of amides is 1. The second kappa shape index (κ2) is 6.50. The Labute approximate surface area is 121 Å². The van der Waals surface area contributed by atoms with Crippen LogP contribution in [0.25, 0.3) is 0 Å². The molecule has 2 aromatic rings. The molecule has 0 bridgehead atoms. The van der Waals surface area contributed by atoms with Gasteiger partial charge in [-0.3, -0.25) is 4.79 Å². The fourth-order valence-corrected chi connectivity index (χ4v) is 2.09. The molecule has 0 saturated carbocycles. The van der Waals surface area contributed by atoms with Gasteiger partial charge in [0.2, 0.25) is 0 Å². The van der Waals surface area contributed by atoms with E-state index in [0.717, 1.165) is 11.6 Å². The predicted molar refractivity (Wildman–Crippen MR) is 78.6 cm³/mol. The van der Waals surface area contributed by atoms with Crippen molar-refractivity contribution in [3.05, 3.63) is 64.4 Å². The summed E-state index contributed by atoms with van der Waals surface area (Å²) in [4.78, 5) is 12.1. The zero-order chi connectivity index (χ0) is 14.5. The summed E-state index contributed by atoms with van der Waals surface area (Å²) in [5, 5.41) is 5.87. The van der Waals surface area contributed by atoms with Crippen molar-refractivity contribution in [3.8, 4) is 0 Å². The van der Waals surface area contributed by atoms with Gasteiger partial charge in [0.15, 0.2) is 0 Å². The van der Waals surface area contributed by atoms with E-state index in [4.69, 9.17) is 11.6 Å². The Hall–Kier alpha value is -1.91. The summed E-state index contributed by atoms with van der Waals surface area (Å²) < 4.78 is 13.0. The molecule has 5 heteroatoms. The third-order valence-electron chi connectivity index (χ3n) is 2.74. The highest BCUT2D eigenvalue weighted by atomic mass is 35.5. The lowest BCUT2D eigenvalue weighted by atomic mass is 10.1. The van der Waals surface area contributed by atoms with E-state index in [1.807, 2.05) is 25.2 Å². The molecule has 2 aromatic carbocycles. The summed E-state index contributed by atoms with van der Waals surface area (Å²) in [7, 11) is 1.85. The standard InChI is InChI=1S/C15H14ClFN2O/c1-18-9-10-3-2-4-12(7-10)19-15(20)13-6-5-11(17)8-14(13)16/h2-8,18H,9H2,1H3,(H,19,20). The first-order chi connectivity index (χ1) is 9.60. The molecule has 0 aliphatic rings. The van der Waals surface area contributed by atoms with Gasteiger partial charge in [-0.25, -0.2) is 4.39 Å². The molecule has 104 valence electrons. The van der Waals surface area contributed by atoms with Gasteiger partial charge in [0, 0.05) is 12.2 Å². The minimum Gasteiger partial charge on any atom is -0.322 e. The van der Waals surface area contributed by atoms with E-state index in [1.54, 1.807) is 6.07 Å². The number of hydrogen-bond acceptors (Lipinski definition) is 2. The fourth-order valence-electron chi connectivity index (χ4n) is 1.84. The van der Waals surface area contributed by atoms with Crippen LogP contribution in [-0.4, -0.2) is 13.0 Å². The quantitative estimate of drug-likeness (QED) is 0.906. The fraction of sp³-hybridized carbons (Fsp3) is 0.133. The van der Waals surface area contributed by atoms with Crippen molar-refractivity contribution in [2.45, 2.75) is 6.54 Å². The van der Waals surface area contributed by atoms with E-state index in [-0.39, 0.29) is 16.5 Å². The van der Waals surface area contributed by atoms with Gasteiger partial charge in [-0.1, -0.05) is 23.7 Å². The molecule has 0 atom stereocenters. The molecule has 0 aromatic heterocycles.